The minimum atomic E-state index is 0.608. The van der Waals surface area contributed by atoms with Crippen LogP contribution in [0.3, 0.4) is 0 Å². The molecule has 106 valence electrons. The summed E-state index contributed by atoms with van der Waals surface area (Å²) in [6.07, 6.45) is 2.81. The molecule has 0 aliphatic carbocycles. The first kappa shape index (κ1) is 14.1. The highest BCUT2D eigenvalue weighted by Crippen LogP contribution is 2.18. The topological polar surface area (TPSA) is 59.1 Å². The Hall–Kier alpha value is -2.30. The van der Waals surface area contributed by atoms with Gasteiger partial charge in [0.15, 0.2) is 0 Å². The molecule has 0 bridgehead atoms. The molecule has 0 saturated heterocycles. The molecular weight excluding hydrogens is 252 g/mol. The highest BCUT2D eigenvalue weighted by Gasteiger charge is 2.03. The lowest BCUT2D eigenvalue weighted by Crippen LogP contribution is -2.07. The monoisotopic (exact) mass is 272 g/mol. The predicted molar refractivity (Wildman–Crippen MR) is 81.1 cm³/mol. The Morgan fingerprint density at radius 2 is 2.00 bits per heavy atom. The van der Waals surface area contributed by atoms with E-state index in [-0.39, 0.29) is 0 Å². The molecule has 0 aliphatic rings. The summed E-state index contributed by atoms with van der Waals surface area (Å²) in [6, 6.07) is 9.76. The van der Waals surface area contributed by atoms with Crippen molar-refractivity contribution in [1.29, 1.82) is 0 Å². The van der Waals surface area contributed by atoms with E-state index in [0.29, 0.717) is 12.5 Å². The SMILES string of the molecule is CCCNc1ccnc(NCc2ccccc2OC)n1. The number of hydrogen-bond acceptors (Lipinski definition) is 5. The van der Waals surface area contributed by atoms with Crippen molar-refractivity contribution in [2.45, 2.75) is 19.9 Å². The van der Waals surface area contributed by atoms with Crippen LogP contribution in [-0.2, 0) is 6.54 Å². The van der Waals surface area contributed by atoms with Crippen molar-refractivity contribution in [3.8, 4) is 5.75 Å². The third kappa shape index (κ3) is 3.85. The maximum absolute atomic E-state index is 5.32. The summed E-state index contributed by atoms with van der Waals surface area (Å²) < 4.78 is 5.32. The van der Waals surface area contributed by atoms with Gasteiger partial charge in [-0.15, -0.1) is 0 Å². The van der Waals surface area contributed by atoms with E-state index in [4.69, 9.17) is 4.74 Å². The zero-order chi connectivity index (χ0) is 14.2. The van der Waals surface area contributed by atoms with Crippen LogP contribution in [0.25, 0.3) is 0 Å². The van der Waals surface area contributed by atoms with E-state index in [2.05, 4.69) is 27.5 Å². The van der Waals surface area contributed by atoms with Crippen LogP contribution in [-0.4, -0.2) is 23.6 Å². The van der Waals surface area contributed by atoms with Crippen LogP contribution < -0.4 is 15.4 Å². The molecule has 0 aliphatic heterocycles. The fourth-order valence-corrected chi connectivity index (χ4v) is 1.82. The van der Waals surface area contributed by atoms with Gasteiger partial charge in [-0.3, -0.25) is 0 Å². The van der Waals surface area contributed by atoms with Crippen molar-refractivity contribution in [2.24, 2.45) is 0 Å². The minimum Gasteiger partial charge on any atom is -0.496 e. The zero-order valence-corrected chi connectivity index (χ0v) is 11.9. The molecule has 2 aromatic rings. The molecule has 2 N–H and O–H groups in total. The van der Waals surface area contributed by atoms with Gasteiger partial charge in [0, 0.05) is 24.8 Å². The van der Waals surface area contributed by atoms with Crippen LogP contribution in [0.4, 0.5) is 11.8 Å². The average Bonchev–Trinajstić information content (AvgIpc) is 2.51. The summed E-state index contributed by atoms with van der Waals surface area (Å²) in [5, 5.41) is 6.45. The van der Waals surface area contributed by atoms with E-state index < -0.39 is 0 Å². The molecule has 2 rings (SSSR count). The minimum absolute atomic E-state index is 0.608. The number of methoxy groups -OCH3 is 1. The Balaban J connectivity index is 1.99. The summed E-state index contributed by atoms with van der Waals surface area (Å²) in [5.41, 5.74) is 1.07. The molecule has 0 saturated carbocycles. The second-order valence-electron chi connectivity index (χ2n) is 4.36. The largest absolute Gasteiger partial charge is 0.496 e. The quantitative estimate of drug-likeness (QED) is 0.811. The number of benzene rings is 1. The van der Waals surface area contributed by atoms with Crippen molar-refractivity contribution in [3.05, 3.63) is 42.1 Å². The number of para-hydroxylation sites is 1. The lowest BCUT2D eigenvalue weighted by Gasteiger charge is -2.10. The fourth-order valence-electron chi connectivity index (χ4n) is 1.82. The molecule has 0 atom stereocenters. The molecule has 5 heteroatoms. The number of ether oxygens (including phenoxy) is 1. The lowest BCUT2D eigenvalue weighted by atomic mass is 10.2. The lowest BCUT2D eigenvalue weighted by molar-refractivity contribution is 0.410. The summed E-state index contributed by atoms with van der Waals surface area (Å²) >= 11 is 0. The zero-order valence-electron chi connectivity index (χ0n) is 11.9. The molecule has 0 spiro atoms. The predicted octanol–water partition coefficient (Wildman–Crippen LogP) is 2.92. The second-order valence-corrected chi connectivity index (χ2v) is 4.36. The summed E-state index contributed by atoms with van der Waals surface area (Å²) in [4.78, 5) is 8.62. The maximum atomic E-state index is 5.32. The van der Waals surface area contributed by atoms with Gasteiger partial charge in [-0.05, 0) is 18.6 Å². The van der Waals surface area contributed by atoms with Crippen molar-refractivity contribution in [3.63, 3.8) is 0 Å². The number of aromatic nitrogens is 2. The van der Waals surface area contributed by atoms with E-state index in [1.807, 2.05) is 30.3 Å². The number of anilines is 2. The smallest absolute Gasteiger partial charge is 0.224 e. The van der Waals surface area contributed by atoms with Gasteiger partial charge in [0.1, 0.15) is 11.6 Å². The van der Waals surface area contributed by atoms with Crippen LogP contribution in [0.5, 0.6) is 5.75 Å². The summed E-state index contributed by atoms with van der Waals surface area (Å²) in [6.45, 7) is 3.65. The van der Waals surface area contributed by atoms with Gasteiger partial charge in [-0.1, -0.05) is 25.1 Å². The second kappa shape index (κ2) is 7.33. The van der Waals surface area contributed by atoms with Crippen LogP contribution in [0.2, 0.25) is 0 Å². The van der Waals surface area contributed by atoms with Crippen LogP contribution >= 0.6 is 0 Å². The molecule has 1 heterocycles. The van der Waals surface area contributed by atoms with Gasteiger partial charge in [0.2, 0.25) is 5.95 Å². The van der Waals surface area contributed by atoms with Gasteiger partial charge < -0.3 is 15.4 Å². The molecule has 1 aromatic carbocycles. The van der Waals surface area contributed by atoms with E-state index >= 15 is 0 Å². The van der Waals surface area contributed by atoms with Gasteiger partial charge in [-0.25, -0.2) is 4.98 Å². The summed E-state index contributed by atoms with van der Waals surface area (Å²) in [5.74, 6) is 2.31. The Morgan fingerprint density at radius 3 is 2.80 bits per heavy atom. The highest BCUT2D eigenvalue weighted by molar-refractivity contribution is 5.41. The van der Waals surface area contributed by atoms with Gasteiger partial charge in [0.05, 0.1) is 7.11 Å². The van der Waals surface area contributed by atoms with Crippen molar-refractivity contribution in [1.82, 2.24) is 9.97 Å². The molecule has 1 aromatic heterocycles. The van der Waals surface area contributed by atoms with Gasteiger partial charge >= 0.3 is 0 Å². The Kier molecular flexibility index (Phi) is 5.17. The van der Waals surface area contributed by atoms with E-state index in [1.165, 1.54) is 0 Å². The molecular formula is C15H20N4O. The Morgan fingerprint density at radius 1 is 1.15 bits per heavy atom. The van der Waals surface area contributed by atoms with Crippen molar-refractivity contribution in [2.75, 3.05) is 24.3 Å². The first-order valence-electron chi connectivity index (χ1n) is 6.76. The molecule has 0 radical (unpaired) electrons. The Bertz CT molecular complexity index is 545. The number of nitrogens with zero attached hydrogens (tertiary/aromatic N) is 2. The molecule has 5 nitrogen and oxygen atoms in total. The first-order valence-corrected chi connectivity index (χ1v) is 6.76. The van der Waals surface area contributed by atoms with Crippen molar-refractivity contribution >= 4 is 11.8 Å². The fraction of sp³-hybridized carbons (Fsp3) is 0.333. The van der Waals surface area contributed by atoms with E-state index in [0.717, 1.165) is 30.1 Å². The van der Waals surface area contributed by atoms with Gasteiger partial charge in [-0.2, -0.15) is 4.98 Å². The van der Waals surface area contributed by atoms with E-state index in [1.54, 1.807) is 13.3 Å². The van der Waals surface area contributed by atoms with E-state index in [9.17, 15) is 0 Å². The number of nitrogens with one attached hydrogen (secondary N) is 2. The average molecular weight is 272 g/mol. The maximum Gasteiger partial charge on any atom is 0.224 e. The molecule has 0 unspecified atom stereocenters. The molecule has 0 fully saturated rings. The van der Waals surface area contributed by atoms with Gasteiger partial charge in [0.25, 0.3) is 0 Å². The highest BCUT2D eigenvalue weighted by atomic mass is 16.5. The van der Waals surface area contributed by atoms with Crippen LogP contribution in [0.15, 0.2) is 36.5 Å². The first-order chi connectivity index (χ1) is 9.83. The third-order valence-electron chi connectivity index (χ3n) is 2.84. The number of hydrogen-bond donors (Lipinski definition) is 2. The van der Waals surface area contributed by atoms with Crippen LogP contribution in [0, 0.1) is 0 Å². The van der Waals surface area contributed by atoms with Crippen molar-refractivity contribution < 1.29 is 4.74 Å². The third-order valence-corrected chi connectivity index (χ3v) is 2.84. The van der Waals surface area contributed by atoms with Crippen LogP contribution in [0.1, 0.15) is 18.9 Å². The standard InChI is InChI=1S/C15H20N4O/c1-3-9-16-14-8-10-17-15(19-14)18-11-12-6-4-5-7-13(12)20-2/h4-8,10H,3,9,11H2,1-2H3,(H2,16,17,18,19). The Labute approximate surface area is 119 Å². The summed E-state index contributed by atoms with van der Waals surface area (Å²) in [7, 11) is 1.67. The normalized spacial score (nSPS) is 10.1. The molecule has 20 heavy (non-hydrogen) atoms. The number of rotatable bonds is 7. The molecule has 0 amide bonds.